The van der Waals surface area contributed by atoms with Crippen LogP contribution < -0.4 is 4.74 Å². The molecule has 0 fully saturated rings. The van der Waals surface area contributed by atoms with Gasteiger partial charge in [-0.1, -0.05) is 30.3 Å². The molecule has 1 atom stereocenters. The monoisotopic (exact) mass is 256 g/mol. The van der Waals surface area contributed by atoms with Crippen molar-refractivity contribution in [3.8, 4) is 5.75 Å². The summed E-state index contributed by atoms with van der Waals surface area (Å²) in [5.74, 6) is 0.810. The Labute approximate surface area is 107 Å². The Morgan fingerprint density at radius 3 is 2.59 bits per heavy atom. The number of aliphatic hydroxyl groups is 1. The van der Waals surface area contributed by atoms with E-state index in [1.807, 2.05) is 24.3 Å². The minimum Gasteiger partial charge on any atom is -0.497 e. The van der Waals surface area contributed by atoms with Crippen molar-refractivity contribution in [2.75, 3.05) is 13.7 Å². The van der Waals surface area contributed by atoms with Crippen LogP contribution in [0.25, 0.3) is 0 Å². The molecule has 1 N–H and O–H groups in total. The summed E-state index contributed by atoms with van der Waals surface area (Å²) in [5, 5.41) is 8.80. The summed E-state index contributed by atoms with van der Waals surface area (Å²) in [6, 6.07) is 7.58. The van der Waals surface area contributed by atoms with Crippen LogP contribution in [0.4, 0.5) is 0 Å². The van der Waals surface area contributed by atoms with Gasteiger partial charge in [-0.25, -0.2) is 0 Å². The highest BCUT2D eigenvalue weighted by molar-refractivity contribution is 6.19. The Hall–Kier alpha value is -1.03. The van der Waals surface area contributed by atoms with Crippen LogP contribution in [0.5, 0.6) is 5.75 Å². The first-order chi connectivity index (χ1) is 8.15. The molecule has 0 aliphatic rings. The van der Waals surface area contributed by atoms with E-state index in [2.05, 4.69) is 6.58 Å². The minimum absolute atomic E-state index is 0.0604. The third-order valence-electron chi connectivity index (χ3n) is 2.26. The van der Waals surface area contributed by atoms with Crippen molar-refractivity contribution in [2.24, 2.45) is 0 Å². The van der Waals surface area contributed by atoms with Gasteiger partial charge in [-0.15, -0.1) is 0 Å². The van der Waals surface area contributed by atoms with Gasteiger partial charge in [0.25, 0.3) is 0 Å². The van der Waals surface area contributed by atoms with E-state index in [-0.39, 0.29) is 6.61 Å². The normalized spacial score (nSPS) is 12.2. The topological polar surface area (TPSA) is 38.7 Å². The number of halogens is 1. The van der Waals surface area contributed by atoms with Gasteiger partial charge in [-0.3, -0.25) is 0 Å². The molecule has 17 heavy (non-hydrogen) atoms. The fraction of sp³-hybridized carbons (Fsp3) is 0.385. The van der Waals surface area contributed by atoms with Crippen LogP contribution in [0.2, 0.25) is 0 Å². The Kier molecular flexibility index (Phi) is 6.05. The molecule has 1 rings (SSSR count). The smallest absolute Gasteiger partial charge is 0.135 e. The van der Waals surface area contributed by atoms with E-state index in [9.17, 15) is 0 Å². The number of rotatable bonds is 7. The zero-order valence-corrected chi connectivity index (χ0v) is 10.6. The lowest BCUT2D eigenvalue weighted by Gasteiger charge is -2.12. The number of benzene rings is 1. The number of aliphatic hydroxyl groups excluding tert-OH is 1. The lowest BCUT2D eigenvalue weighted by atomic mass is 10.2. The molecule has 0 aliphatic heterocycles. The first kappa shape index (κ1) is 14.0. The van der Waals surface area contributed by atoms with Crippen LogP contribution in [-0.2, 0) is 11.3 Å². The predicted octanol–water partition coefficient (Wildman–Crippen LogP) is 2.72. The van der Waals surface area contributed by atoms with Crippen LogP contribution in [0, 0.1) is 0 Å². The van der Waals surface area contributed by atoms with Gasteiger partial charge in [-0.2, -0.15) is 0 Å². The molecule has 0 amide bonds. The predicted molar refractivity (Wildman–Crippen MR) is 68.3 cm³/mol. The molecule has 0 heterocycles. The molecule has 1 unspecified atom stereocenters. The van der Waals surface area contributed by atoms with Gasteiger partial charge >= 0.3 is 0 Å². The summed E-state index contributed by atoms with van der Waals surface area (Å²) in [7, 11) is 1.63. The molecule has 1 aromatic carbocycles. The van der Waals surface area contributed by atoms with Gasteiger partial charge in [-0.05, 0) is 23.3 Å². The Morgan fingerprint density at radius 2 is 2.06 bits per heavy atom. The molecule has 3 nitrogen and oxygen atoms in total. The summed E-state index contributed by atoms with van der Waals surface area (Å²) in [6.07, 6.45) is 0.453. The van der Waals surface area contributed by atoms with Gasteiger partial charge < -0.3 is 14.6 Å². The number of ether oxygens (including phenoxy) is 2. The molecule has 0 saturated heterocycles. The van der Waals surface area contributed by atoms with Crippen LogP contribution in [0.1, 0.15) is 12.0 Å². The summed E-state index contributed by atoms with van der Waals surface area (Å²) in [6.45, 7) is 4.03. The third-order valence-corrected chi connectivity index (χ3v) is 2.54. The molecular weight excluding hydrogens is 240 g/mol. The lowest BCUT2D eigenvalue weighted by molar-refractivity contribution is 0.0923. The summed E-state index contributed by atoms with van der Waals surface area (Å²) in [5.41, 5.74) is 1.22. The van der Waals surface area contributed by atoms with E-state index >= 15 is 0 Å². The van der Waals surface area contributed by atoms with Crippen molar-refractivity contribution < 1.29 is 14.6 Å². The maximum atomic E-state index is 8.80. The van der Waals surface area contributed by atoms with Crippen molar-refractivity contribution in [2.45, 2.75) is 18.6 Å². The van der Waals surface area contributed by atoms with Gasteiger partial charge in [0.1, 0.15) is 11.3 Å². The molecule has 4 heteroatoms. The van der Waals surface area contributed by atoms with E-state index < -0.39 is 5.56 Å². The van der Waals surface area contributed by atoms with Crippen molar-refractivity contribution in [3.05, 3.63) is 42.0 Å². The zero-order valence-electron chi connectivity index (χ0n) is 9.86. The molecule has 0 saturated carbocycles. The van der Waals surface area contributed by atoms with Crippen molar-refractivity contribution in [1.82, 2.24) is 0 Å². The molecule has 0 spiro atoms. The molecule has 0 aromatic heterocycles. The molecule has 0 radical (unpaired) electrons. The van der Waals surface area contributed by atoms with Gasteiger partial charge in [0.2, 0.25) is 0 Å². The van der Waals surface area contributed by atoms with E-state index in [4.69, 9.17) is 26.2 Å². The Balaban J connectivity index is 2.36. The summed E-state index contributed by atoms with van der Waals surface area (Å²) in [4.78, 5) is 0. The van der Waals surface area contributed by atoms with Crippen LogP contribution in [-0.4, -0.2) is 24.4 Å². The highest BCUT2D eigenvalue weighted by Gasteiger charge is 2.06. The third kappa shape index (κ3) is 5.22. The van der Waals surface area contributed by atoms with E-state index in [1.54, 1.807) is 7.11 Å². The zero-order chi connectivity index (χ0) is 12.7. The SMILES string of the molecule is C=C(CO)CC(Cl)OCc1ccc(OC)cc1. The molecule has 94 valence electrons. The number of hydrogen-bond donors (Lipinski definition) is 1. The van der Waals surface area contributed by atoms with E-state index in [0.29, 0.717) is 18.6 Å². The quantitative estimate of drug-likeness (QED) is 0.602. The van der Waals surface area contributed by atoms with Crippen LogP contribution in [0.15, 0.2) is 36.4 Å². The average Bonchev–Trinajstić information content (AvgIpc) is 2.36. The van der Waals surface area contributed by atoms with Gasteiger partial charge in [0, 0.05) is 6.42 Å². The highest BCUT2D eigenvalue weighted by atomic mass is 35.5. The van der Waals surface area contributed by atoms with Crippen molar-refractivity contribution in [1.29, 1.82) is 0 Å². The van der Waals surface area contributed by atoms with Crippen molar-refractivity contribution in [3.63, 3.8) is 0 Å². The number of alkyl halides is 1. The van der Waals surface area contributed by atoms with E-state index in [0.717, 1.165) is 11.3 Å². The fourth-order valence-electron chi connectivity index (χ4n) is 1.26. The van der Waals surface area contributed by atoms with E-state index in [1.165, 1.54) is 0 Å². The maximum absolute atomic E-state index is 8.80. The van der Waals surface area contributed by atoms with Crippen LogP contribution in [0.3, 0.4) is 0 Å². The first-order valence-corrected chi connectivity index (χ1v) is 5.75. The summed E-state index contributed by atoms with van der Waals surface area (Å²) >= 11 is 5.94. The second-order valence-electron chi connectivity index (χ2n) is 3.68. The second-order valence-corrected chi connectivity index (χ2v) is 4.17. The molecular formula is C13H17ClO3. The summed E-state index contributed by atoms with van der Waals surface area (Å²) < 4.78 is 10.5. The number of methoxy groups -OCH3 is 1. The Morgan fingerprint density at radius 1 is 1.41 bits per heavy atom. The highest BCUT2D eigenvalue weighted by Crippen LogP contribution is 2.15. The Bertz CT molecular complexity index is 348. The van der Waals surface area contributed by atoms with Crippen LogP contribution >= 0.6 is 11.6 Å². The minimum atomic E-state index is -0.461. The average molecular weight is 257 g/mol. The fourth-order valence-corrected chi connectivity index (χ4v) is 1.54. The van der Waals surface area contributed by atoms with Gasteiger partial charge in [0.15, 0.2) is 0 Å². The largest absolute Gasteiger partial charge is 0.497 e. The molecule has 1 aromatic rings. The second kappa shape index (κ2) is 7.33. The lowest BCUT2D eigenvalue weighted by Crippen LogP contribution is -2.07. The molecule has 0 aliphatic carbocycles. The maximum Gasteiger partial charge on any atom is 0.135 e. The number of hydrogen-bond acceptors (Lipinski definition) is 3. The van der Waals surface area contributed by atoms with Gasteiger partial charge in [0.05, 0.1) is 20.3 Å². The standard InChI is InChI=1S/C13H17ClO3/c1-10(8-15)7-13(14)17-9-11-3-5-12(16-2)6-4-11/h3-6,13,15H,1,7-9H2,2H3. The van der Waals surface area contributed by atoms with Crippen molar-refractivity contribution >= 4 is 11.6 Å². The molecule has 0 bridgehead atoms. The first-order valence-electron chi connectivity index (χ1n) is 5.32.